The van der Waals surface area contributed by atoms with E-state index in [-0.39, 0.29) is 13.2 Å². The molecule has 0 aliphatic heterocycles. The van der Waals surface area contributed by atoms with Gasteiger partial charge >= 0.3 is 5.97 Å². The number of hydrogen-bond donors (Lipinski definition) is 2. The third-order valence-corrected chi connectivity index (χ3v) is 1.56. The topological polar surface area (TPSA) is 72.5 Å². The molecule has 0 saturated carbocycles. The SMILES string of the molecule is NCC#Cc1ccccc1OCC(=O)O. The number of aliphatic carboxylic acids is 1. The highest BCUT2D eigenvalue weighted by atomic mass is 16.5. The molecule has 0 saturated heterocycles. The van der Waals surface area contributed by atoms with Crippen molar-refractivity contribution >= 4 is 5.97 Å². The second-order valence-electron chi connectivity index (χ2n) is 2.68. The number of carboxylic acid groups (broad SMARTS) is 1. The van der Waals surface area contributed by atoms with E-state index in [1.165, 1.54) is 0 Å². The fourth-order valence-electron chi connectivity index (χ4n) is 0.982. The minimum Gasteiger partial charge on any atom is -0.481 e. The van der Waals surface area contributed by atoms with E-state index in [1.54, 1.807) is 24.3 Å². The summed E-state index contributed by atoms with van der Waals surface area (Å²) in [7, 11) is 0. The maximum absolute atomic E-state index is 10.3. The summed E-state index contributed by atoms with van der Waals surface area (Å²) in [5.74, 6) is 4.93. The highest BCUT2D eigenvalue weighted by Gasteiger charge is 2.02. The maximum Gasteiger partial charge on any atom is 0.341 e. The Morgan fingerprint density at radius 3 is 2.87 bits per heavy atom. The molecule has 1 rings (SSSR count). The van der Waals surface area contributed by atoms with Gasteiger partial charge in [0.1, 0.15) is 5.75 Å². The molecule has 1 aromatic rings. The smallest absolute Gasteiger partial charge is 0.341 e. The second kappa shape index (κ2) is 5.68. The van der Waals surface area contributed by atoms with E-state index < -0.39 is 5.97 Å². The van der Waals surface area contributed by atoms with Gasteiger partial charge in [0.25, 0.3) is 0 Å². The van der Waals surface area contributed by atoms with Gasteiger partial charge in [0.2, 0.25) is 0 Å². The van der Waals surface area contributed by atoms with Crippen LogP contribution in [0, 0.1) is 11.8 Å². The molecule has 15 heavy (non-hydrogen) atoms. The Hall–Kier alpha value is -1.99. The van der Waals surface area contributed by atoms with Crippen LogP contribution < -0.4 is 10.5 Å². The molecule has 0 radical (unpaired) electrons. The van der Waals surface area contributed by atoms with Crippen molar-refractivity contribution in [3.05, 3.63) is 29.8 Å². The van der Waals surface area contributed by atoms with Crippen LogP contribution in [-0.2, 0) is 4.79 Å². The van der Waals surface area contributed by atoms with E-state index in [0.29, 0.717) is 11.3 Å². The van der Waals surface area contributed by atoms with Crippen LogP contribution >= 0.6 is 0 Å². The van der Waals surface area contributed by atoms with Crippen LogP contribution in [0.15, 0.2) is 24.3 Å². The Morgan fingerprint density at radius 1 is 1.47 bits per heavy atom. The molecule has 0 unspecified atom stereocenters. The van der Waals surface area contributed by atoms with Gasteiger partial charge in [-0.3, -0.25) is 0 Å². The number of rotatable bonds is 3. The van der Waals surface area contributed by atoms with E-state index in [0.717, 1.165) is 0 Å². The first-order valence-electron chi connectivity index (χ1n) is 4.36. The fraction of sp³-hybridized carbons (Fsp3) is 0.182. The number of hydrogen-bond acceptors (Lipinski definition) is 3. The standard InChI is InChI=1S/C11H11NO3/c12-7-3-5-9-4-1-2-6-10(9)15-8-11(13)14/h1-2,4,6H,7-8,12H2,(H,13,14). The van der Waals surface area contributed by atoms with Crippen molar-refractivity contribution in [1.82, 2.24) is 0 Å². The first-order valence-corrected chi connectivity index (χ1v) is 4.36. The molecule has 4 nitrogen and oxygen atoms in total. The summed E-state index contributed by atoms with van der Waals surface area (Å²) < 4.78 is 5.05. The predicted molar refractivity (Wildman–Crippen MR) is 55.5 cm³/mol. The summed E-state index contributed by atoms with van der Waals surface area (Å²) in [4.78, 5) is 10.3. The first kappa shape index (κ1) is 11.1. The van der Waals surface area contributed by atoms with Gasteiger partial charge in [-0.05, 0) is 12.1 Å². The van der Waals surface area contributed by atoms with E-state index in [1.807, 2.05) is 0 Å². The monoisotopic (exact) mass is 205 g/mol. The molecular formula is C11H11NO3. The van der Waals surface area contributed by atoms with Gasteiger partial charge in [-0.25, -0.2) is 4.79 Å². The summed E-state index contributed by atoms with van der Waals surface area (Å²) in [6.45, 7) is -0.116. The zero-order valence-corrected chi connectivity index (χ0v) is 8.06. The van der Waals surface area contributed by atoms with E-state index in [2.05, 4.69) is 11.8 Å². The molecular weight excluding hydrogens is 194 g/mol. The van der Waals surface area contributed by atoms with Crippen molar-refractivity contribution < 1.29 is 14.6 Å². The van der Waals surface area contributed by atoms with Crippen LogP contribution in [0.25, 0.3) is 0 Å². The Bertz CT molecular complexity index is 404. The molecule has 4 heteroatoms. The Morgan fingerprint density at radius 2 is 2.20 bits per heavy atom. The van der Waals surface area contributed by atoms with Gasteiger partial charge in [0.15, 0.2) is 6.61 Å². The molecule has 0 aromatic heterocycles. The molecule has 78 valence electrons. The average Bonchev–Trinajstić information content (AvgIpc) is 2.24. The van der Waals surface area contributed by atoms with Crippen LogP contribution in [0.4, 0.5) is 0 Å². The summed E-state index contributed by atoms with van der Waals surface area (Å²) in [5, 5.41) is 8.46. The van der Waals surface area contributed by atoms with Gasteiger partial charge in [0, 0.05) is 0 Å². The number of benzene rings is 1. The molecule has 0 spiro atoms. The quantitative estimate of drug-likeness (QED) is 0.703. The summed E-state index contributed by atoms with van der Waals surface area (Å²) in [6, 6.07) is 6.97. The van der Waals surface area contributed by atoms with Crippen molar-refractivity contribution in [3.8, 4) is 17.6 Å². The van der Waals surface area contributed by atoms with Crippen molar-refractivity contribution in [1.29, 1.82) is 0 Å². The molecule has 3 N–H and O–H groups in total. The molecule has 0 amide bonds. The van der Waals surface area contributed by atoms with Crippen LogP contribution in [0.3, 0.4) is 0 Å². The Balaban J connectivity index is 2.81. The van der Waals surface area contributed by atoms with Crippen LogP contribution in [0.2, 0.25) is 0 Å². The minimum atomic E-state index is -1.02. The van der Waals surface area contributed by atoms with E-state index in [9.17, 15) is 4.79 Å². The average molecular weight is 205 g/mol. The zero-order chi connectivity index (χ0) is 11.1. The Kier molecular flexibility index (Phi) is 4.20. The number of nitrogens with two attached hydrogens (primary N) is 1. The van der Waals surface area contributed by atoms with Crippen molar-refractivity contribution in [2.75, 3.05) is 13.2 Å². The summed E-state index contributed by atoms with van der Waals surface area (Å²) in [6.07, 6.45) is 0. The highest BCUT2D eigenvalue weighted by Crippen LogP contribution is 2.16. The largest absolute Gasteiger partial charge is 0.481 e. The molecule has 0 heterocycles. The zero-order valence-electron chi connectivity index (χ0n) is 8.06. The predicted octanol–water partition coefficient (Wildman–Crippen LogP) is 0.460. The van der Waals surface area contributed by atoms with Gasteiger partial charge in [-0.15, -0.1) is 0 Å². The second-order valence-corrected chi connectivity index (χ2v) is 2.68. The molecule has 0 aliphatic carbocycles. The van der Waals surface area contributed by atoms with Crippen molar-refractivity contribution in [2.24, 2.45) is 5.73 Å². The molecule has 0 fully saturated rings. The lowest BCUT2D eigenvalue weighted by molar-refractivity contribution is -0.139. The fourth-order valence-corrected chi connectivity index (χ4v) is 0.982. The van der Waals surface area contributed by atoms with Crippen LogP contribution in [0.1, 0.15) is 5.56 Å². The van der Waals surface area contributed by atoms with E-state index in [4.69, 9.17) is 15.6 Å². The van der Waals surface area contributed by atoms with Crippen molar-refractivity contribution in [2.45, 2.75) is 0 Å². The van der Waals surface area contributed by atoms with Gasteiger partial charge in [-0.2, -0.15) is 0 Å². The van der Waals surface area contributed by atoms with Crippen LogP contribution in [0.5, 0.6) is 5.75 Å². The number of carbonyl (C=O) groups is 1. The summed E-state index contributed by atoms with van der Waals surface area (Å²) in [5.41, 5.74) is 5.88. The number of carboxylic acids is 1. The Labute approximate surface area is 87.7 Å². The normalized spacial score (nSPS) is 8.87. The number of ether oxygens (including phenoxy) is 1. The highest BCUT2D eigenvalue weighted by molar-refractivity contribution is 5.68. The molecule has 0 bridgehead atoms. The van der Waals surface area contributed by atoms with Gasteiger partial charge < -0.3 is 15.6 Å². The summed E-state index contributed by atoms with van der Waals surface area (Å²) >= 11 is 0. The van der Waals surface area contributed by atoms with Gasteiger partial charge in [0.05, 0.1) is 12.1 Å². The van der Waals surface area contributed by atoms with E-state index >= 15 is 0 Å². The number of para-hydroxylation sites is 1. The molecule has 0 aliphatic rings. The first-order chi connectivity index (χ1) is 7.24. The van der Waals surface area contributed by atoms with Crippen LogP contribution in [-0.4, -0.2) is 24.2 Å². The lowest BCUT2D eigenvalue weighted by atomic mass is 10.2. The third-order valence-electron chi connectivity index (χ3n) is 1.56. The minimum absolute atomic E-state index is 0.257. The molecule has 1 aromatic carbocycles. The van der Waals surface area contributed by atoms with Gasteiger partial charge in [-0.1, -0.05) is 24.0 Å². The lowest BCUT2D eigenvalue weighted by Crippen LogP contribution is -2.10. The lowest BCUT2D eigenvalue weighted by Gasteiger charge is -2.04. The maximum atomic E-state index is 10.3. The van der Waals surface area contributed by atoms with Crippen molar-refractivity contribution in [3.63, 3.8) is 0 Å². The molecule has 0 atom stereocenters. The third kappa shape index (κ3) is 3.71.